The SMILES string of the molecule is Fc1c(F)c(F)c(-c2c3nc(c(-c4c(F)c(F)c(F)c(F)c4F)c4[n-]c(c(-c5c(F)c(F)c(F)c(F)c5F)c5nc(c(-c6c(F)c(F)c(F)c(F)c6F)c6[n-]c2c2cc7ccccc7cc62)-c2cc6ccccc6cc2-5)c2cc5ccccc5cc42)-c2cc4ccccc4cc2-3)c(F)c1F.[Pd+2]. The van der Waals surface area contributed by atoms with Crippen molar-refractivity contribution in [3.8, 4) is 89.5 Å². The van der Waals surface area contributed by atoms with E-state index in [4.69, 9.17) is 19.9 Å². The number of hydrogen-bond acceptors (Lipinski definition) is 2. The summed E-state index contributed by atoms with van der Waals surface area (Å²) in [6, 6.07) is 31.8. The van der Waals surface area contributed by atoms with E-state index in [2.05, 4.69) is 0 Å². The zero-order chi connectivity index (χ0) is 69.8. The van der Waals surface area contributed by atoms with E-state index in [1.165, 1.54) is 97.1 Å². The number of halogens is 20. The summed E-state index contributed by atoms with van der Waals surface area (Å²) in [5, 5.41) is -1.61. The van der Waals surface area contributed by atoms with Gasteiger partial charge in [0.15, 0.2) is 93.1 Å². The van der Waals surface area contributed by atoms with Crippen molar-refractivity contribution in [1.29, 1.82) is 0 Å². The van der Waals surface area contributed by atoms with Gasteiger partial charge in [0.25, 0.3) is 0 Å². The van der Waals surface area contributed by atoms with Crippen LogP contribution in [0.25, 0.3) is 176 Å². The van der Waals surface area contributed by atoms with Gasteiger partial charge < -0.3 is 9.97 Å². The van der Waals surface area contributed by atoms with Gasteiger partial charge in [-0.15, -0.1) is 22.1 Å². The Balaban J connectivity index is 0.00000792. The second-order valence-electron chi connectivity index (χ2n) is 23.5. The van der Waals surface area contributed by atoms with E-state index < -0.39 is 249 Å². The van der Waals surface area contributed by atoms with Crippen LogP contribution in [0.15, 0.2) is 146 Å². The maximum atomic E-state index is 17.7. The second-order valence-corrected chi connectivity index (χ2v) is 23.5. The van der Waals surface area contributed by atoms with Crippen molar-refractivity contribution in [2.75, 3.05) is 0 Å². The maximum Gasteiger partial charge on any atom is 2.00 e. The van der Waals surface area contributed by atoms with E-state index in [-0.39, 0.29) is 63.5 Å². The molecule has 14 aromatic rings. The average molecular weight is 1480 g/mol. The molecule has 0 spiro atoms. The van der Waals surface area contributed by atoms with Crippen LogP contribution in [0.4, 0.5) is 87.8 Å². The van der Waals surface area contributed by atoms with E-state index >= 15 is 87.8 Å². The molecule has 0 N–H and O–H groups in total. The van der Waals surface area contributed by atoms with E-state index in [9.17, 15) is 0 Å². The summed E-state index contributed by atoms with van der Waals surface area (Å²) in [5.74, 6) is -53.7. The number of benzene rings is 12. The molecule has 12 aromatic carbocycles. The Morgan fingerprint density at radius 1 is 0.188 bits per heavy atom. The molecule has 2 aliphatic heterocycles. The molecule has 0 amide bonds. The van der Waals surface area contributed by atoms with Gasteiger partial charge in [-0.2, -0.15) is 0 Å². The Kier molecular flexibility index (Phi) is 14.5. The van der Waals surface area contributed by atoms with Crippen molar-refractivity contribution < 1.29 is 108 Å². The summed E-state index contributed by atoms with van der Waals surface area (Å²) >= 11 is 0. The van der Waals surface area contributed by atoms with Gasteiger partial charge in [0.05, 0.1) is 45.0 Å². The summed E-state index contributed by atoms with van der Waals surface area (Å²) in [6.45, 7) is 0. The van der Waals surface area contributed by atoms with Crippen LogP contribution in [0, 0.1) is 116 Å². The largest absolute Gasteiger partial charge is 2.00 e. The number of aromatic nitrogens is 4. The Hall–Kier alpha value is -11.4. The molecular weight excluding hydrogens is 1460 g/mol. The first-order chi connectivity index (χ1) is 47.9. The van der Waals surface area contributed by atoms with Crippen LogP contribution in [0.5, 0.6) is 0 Å². The van der Waals surface area contributed by atoms with Gasteiger partial charge in [0.1, 0.15) is 0 Å². The standard InChI is InChI=1S/C76H24F20N4.Pd/c77-49-41(50(78)58(86)65(93)57(49)85)45-69-33-17-25-9-1-2-10-26(25)18-34(33)70(97-69)46(42-51(79)59(87)66(94)60(88)52(42)80)72-37-21-29-13-5-6-14-30(29)22-38(37)74(99-72)48(44-55(83)63(91)68(96)64(92)56(44)84)76-40-24-32-16-8-7-15-31(32)23-39(40)75(100-76)47(43-53(81)61(89)67(95)62(90)54(43)82)73-36-20-28-12-4-3-11-27(28)19-35(36)71(45)98-73;/h1-24H;/q-2;+2. The zero-order valence-corrected chi connectivity index (χ0v) is 51.1. The first-order valence-electron chi connectivity index (χ1n) is 29.5. The molecule has 3 aliphatic rings. The van der Waals surface area contributed by atoms with Gasteiger partial charge in [0, 0.05) is 44.5 Å². The molecule has 0 atom stereocenters. The molecule has 4 nitrogen and oxygen atoms in total. The minimum absolute atomic E-state index is 0. The number of fused-ring (bicyclic) bond motifs is 4. The Labute approximate surface area is 563 Å². The number of hydrogen-bond donors (Lipinski definition) is 0. The first kappa shape index (κ1) is 64.3. The normalized spacial score (nSPS) is 12.1. The van der Waals surface area contributed by atoms with Gasteiger partial charge in [0.2, 0.25) is 23.3 Å². The van der Waals surface area contributed by atoms with Crippen LogP contribution in [0.3, 0.4) is 0 Å². The maximum absolute atomic E-state index is 17.7. The van der Waals surface area contributed by atoms with Crippen LogP contribution in [-0.4, -0.2) is 9.97 Å². The summed E-state index contributed by atoms with van der Waals surface area (Å²) in [6.07, 6.45) is 0. The third kappa shape index (κ3) is 8.94. The third-order valence-corrected chi connectivity index (χ3v) is 18.2. The predicted molar refractivity (Wildman–Crippen MR) is 334 cm³/mol. The summed E-state index contributed by atoms with van der Waals surface area (Å²) in [5.41, 5.74) is -24.2. The molecule has 2 aromatic heterocycles. The topological polar surface area (TPSA) is 54.0 Å². The van der Waals surface area contributed by atoms with Gasteiger partial charge >= 0.3 is 20.4 Å². The smallest absolute Gasteiger partial charge is 0.656 e. The number of nitrogens with zero attached hydrogens (tertiary/aromatic N) is 4. The van der Waals surface area contributed by atoms with Crippen LogP contribution in [0.2, 0.25) is 0 Å². The molecule has 0 saturated carbocycles. The molecule has 0 radical (unpaired) electrons. The van der Waals surface area contributed by atoms with Crippen molar-refractivity contribution >= 4 is 86.7 Å². The summed E-state index contributed by atoms with van der Waals surface area (Å²) in [4.78, 5) is 18.8. The van der Waals surface area contributed by atoms with Crippen molar-refractivity contribution in [2.24, 2.45) is 0 Å². The monoisotopic (exact) mass is 1480 g/mol. The van der Waals surface area contributed by atoms with Crippen LogP contribution in [-0.2, 0) is 20.4 Å². The number of rotatable bonds is 4. The van der Waals surface area contributed by atoms with Crippen LogP contribution >= 0.6 is 0 Å². The summed E-state index contributed by atoms with van der Waals surface area (Å²) in [7, 11) is 0. The van der Waals surface area contributed by atoms with Crippen molar-refractivity contribution in [3.05, 3.63) is 262 Å². The second kappa shape index (κ2) is 22.8. The predicted octanol–water partition coefficient (Wildman–Crippen LogP) is 22.6. The van der Waals surface area contributed by atoms with Gasteiger partial charge in [-0.05, 0) is 113 Å². The fourth-order valence-corrected chi connectivity index (χ4v) is 13.7. The quantitative estimate of drug-likeness (QED) is 0.0763. The molecular formula is C76H24F20N4Pd. The van der Waals surface area contributed by atoms with E-state index in [1.54, 1.807) is 0 Å². The molecule has 101 heavy (non-hydrogen) atoms. The molecule has 17 rings (SSSR count). The fourth-order valence-electron chi connectivity index (χ4n) is 13.7. The molecule has 0 unspecified atom stereocenters. The van der Waals surface area contributed by atoms with Crippen LogP contribution < -0.4 is 9.97 Å². The Bertz CT molecular complexity index is 5680. The fraction of sp³-hybridized carbons (Fsp3) is 0. The Morgan fingerprint density at radius 2 is 0.337 bits per heavy atom. The first-order valence-corrected chi connectivity index (χ1v) is 29.5. The molecule has 0 saturated heterocycles. The molecule has 4 heterocycles. The molecule has 25 heteroatoms. The van der Waals surface area contributed by atoms with E-state index in [0.717, 1.165) is 48.5 Å². The minimum Gasteiger partial charge on any atom is -0.656 e. The summed E-state index contributed by atoms with van der Waals surface area (Å²) < 4.78 is 336. The van der Waals surface area contributed by atoms with Crippen molar-refractivity contribution in [2.45, 2.75) is 0 Å². The van der Waals surface area contributed by atoms with E-state index in [0.29, 0.717) is 0 Å². The van der Waals surface area contributed by atoms with Gasteiger partial charge in [-0.3, -0.25) is 0 Å². The molecule has 8 bridgehead atoms. The van der Waals surface area contributed by atoms with Crippen molar-refractivity contribution in [1.82, 2.24) is 19.9 Å². The van der Waals surface area contributed by atoms with E-state index in [1.807, 2.05) is 0 Å². The Morgan fingerprint density at radius 3 is 0.505 bits per heavy atom. The molecule has 498 valence electrons. The molecule has 1 aliphatic carbocycles. The zero-order valence-electron chi connectivity index (χ0n) is 49.5. The molecule has 0 fully saturated rings. The van der Waals surface area contributed by atoms with Gasteiger partial charge in [-0.1, -0.05) is 97.1 Å². The minimum atomic E-state index is -2.76. The van der Waals surface area contributed by atoms with Crippen LogP contribution in [0.1, 0.15) is 0 Å². The van der Waals surface area contributed by atoms with Gasteiger partial charge in [-0.25, -0.2) is 97.8 Å². The average Bonchev–Trinajstić information content (AvgIpc) is 1.55. The third-order valence-electron chi connectivity index (χ3n) is 18.2. The van der Waals surface area contributed by atoms with Crippen molar-refractivity contribution in [3.63, 3.8) is 0 Å².